The second-order valence-corrected chi connectivity index (χ2v) is 9.21. The van der Waals surface area contributed by atoms with Gasteiger partial charge in [0.1, 0.15) is 25.3 Å². The molecule has 1 fully saturated rings. The van der Waals surface area contributed by atoms with Gasteiger partial charge in [-0.15, -0.1) is 0 Å². The largest absolute Gasteiger partial charge is 0.487 e. The topological polar surface area (TPSA) is 101 Å². The first-order valence-electron chi connectivity index (χ1n) is 12.6. The lowest BCUT2D eigenvalue weighted by molar-refractivity contribution is 0.0661. The van der Waals surface area contributed by atoms with E-state index in [1.807, 2.05) is 36.4 Å². The van der Waals surface area contributed by atoms with Crippen molar-refractivity contribution in [1.29, 1.82) is 0 Å². The predicted octanol–water partition coefficient (Wildman–Crippen LogP) is 3.85. The summed E-state index contributed by atoms with van der Waals surface area (Å²) in [5.74, 6) is 1.10. The molecule has 0 bridgehead atoms. The van der Waals surface area contributed by atoms with Crippen LogP contribution in [0.3, 0.4) is 0 Å². The van der Waals surface area contributed by atoms with E-state index in [1.54, 1.807) is 17.0 Å². The third-order valence-electron chi connectivity index (χ3n) is 6.66. The van der Waals surface area contributed by atoms with Crippen LogP contribution in [0, 0.1) is 0 Å². The molecule has 9 heteroatoms. The molecule has 1 aromatic carbocycles. The van der Waals surface area contributed by atoms with Crippen molar-refractivity contribution in [3.05, 3.63) is 82.9 Å². The molecule has 1 saturated heterocycles. The Kier molecular flexibility index (Phi) is 6.60. The van der Waals surface area contributed by atoms with Gasteiger partial charge in [-0.2, -0.15) is 4.98 Å². The Morgan fingerprint density at radius 3 is 2.81 bits per heavy atom. The fraction of sp³-hybridized carbons (Fsp3) is 0.321. The average molecular weight is 498 g/mol. The van der Waals surface area contributed by atoms with E-state index in [4.69, 9.17) is 14.2 Å². The average Bonchev–Trinajstić information content (AvgIpc) is 3.39. The lowest BCUT2D eigenvalue weighted by Gasteiger charge is -2.15. The van der Waals surface area contributed by atoms with Gasteiger partial charge >= 0.3 is 5.69 Å². The van der Waals surface area contributed by atoms with E-state index < -0.39 is 0 Å². The Morgan fingerprint density at radius 1 is 1.03 bits per heavy atom. The number of pyridine rings is 1. The van der Waals surface area contributed by atoms with Crippen molar-refractivity contribution >= 4 is 0 Å². The number of aromatic nitrogens is 5. The standard InChI is InChI=1S/C28H27N5O4/c34-28-32-27(37-17-23-6-3-11-35-23)13-26-24-9-8-22(12-19(24)4-2-10-33(26)28)36-16-21-5-1-7-25(31-21)20-14-29-18-30-15-20/h1,5,7-9,12-15,18,23H,2-4,6,10-11,16-17H2. The summed E-state index contributed by atoms with van der Waals surface area (Å²) < 4.78 is 19.3. The van der Waals surface area contributed by atoms with Crippen LogP contribution in [-0.2, 0) is 24.3 Å². The molecule has 188 valence electrons. The Morgan fingerprint density at radius 2 is 1.95 bits per heavy atom. The number of aryl methyl sites for hydroxylation is 1. The van der Waals surface area contributed by atoms with Crippen LogP contribution in [0.5, 0.6) is 11.6 Å². The normalized spacial score (nSPS) is 16.5. The van der Waals surface area contributed by atoms with Gasteiger partial charge in [0, 0.05) is 42.7 Å². The maximum atomic E-state index is 12.8. The summed E-state index contributed by atoms with van der Waals surface area (Å²) in [5.41, 5.74) is 5.13. The fourth-order valence-corrected chi connectivity index (χ4v) is 4.81. The van der Waals surface area contributed by atoms with Crippen molar-refractivity contribution in [2.24, 2.45) is 0 Å². The summed E-state index contributed by atoms with van der Waals surface area (Å²) >= 11 is 0. The minimum Gasteiger partial charge on any atom is -0.487 e. The number of hydrogen-bond donors (Lipinski definition) is 0. The van der Waals surface area contributed by atoms with Crippen molar-refractivity contribution in [3.8, 4) is 34.1 Å². The first-order valence-corrected chi connectivity index (χ1v) is 12.6. The van der Waals surface area contributed by atoms with Crippen molar-refractivity contribution < 1.29 is 14.2 Å². The van der Waals surface area contributed by atoms with Gasteiger partial charge in [-0.05, 0) is 61.6 Å². The monoisotopic (exact) mass is 497 g/mol. The molecule has 0 N–H and O–H groups in total. The van der Waals surface area contributed by atoms with Crippen LogP contribution in [0.1, 0.15) is 30.5 Å². The highest BCUT2D eigenvalue weighted by Crippen LogP contribution is 2.32. The summed E-state index contributed by atoms with van der Waals surface area (Å²) in [4.78, 5) is 29.8. The smallest absolute Gasteiger partial charge is 0.351 e. The zero-order valence-electron chi connectivity index (χ0n) is 20.4. The molecule has 5 heterocycles. The fourth-order valence-electron chi connectivity index (χ4n) is 4.81. The summed E-state index contributed by atoms with van der Waals surface area (Å²) in [6, 6.07) is 13.7. The first kappa shape index (κ1) is 23.3. The molecule has 1 unspecified atom stereocenters. The molecule has 6 rings (SSSR count). The number of fused-ring (bicyclic) bond motifs is 3. The van der Waals surface area contributed by atoms with Crippen LogP contribution in [0.4, 0.5) is 0 Å². The maximum Gasteiger partial charge on any atom is 0.351 e. The summed E-state index contributed by atoms with van der Waals surface area (Å²) in [6.45, 7) is 2.11. The van der Waals surface area contributed by atoms with E-state index in [0.717, 1.165) is 71.8 Å². The second-order valence-electron chi connectivity index (χ2n) is 9.21. The molecule has 3 aromatic heterocycles. The van der Waals surface area contributed by atoms with Crippen LogP contribution in [0.15, 0.2) is 66.0 Å². The third kappa shape index (κ3) is 5.22. The molecule has 0 radical (unpaired) electrons. The summed E-state index contributed by atoms with van der Waals surface area (Å²) in [5, 5.41) is 0. The highest BCUT2D eigenvalue weighted by molar-refractivity contribution is 5.67. The van der Waals surface area contributed by atoms with Crippen LogP contribution >= 0.6 is 0 Å². The molecular formula is C28H27N5O4. The van der Waals surface area contributed by atoms with Crippen molar-refractivity contribution in [2.45, 2.75) is 44.9 Å². The number of benzene rings is 1. The predicted molar refractivity (Wildman–Crippen MR) is 136 cm³/mol. The molecule has 2 aliphatic heterocycles. The zero-order valence-corrected chi connectivity index (χ0v) is 20.4. The van der Waals surface area contributed by atoms with Gasteiger partial charge in [-0.1, -0.05) is 6.07 Å². The van der Waals surface area contributed by atoms with E-state index in [2.05, 4.69) is 26.0 Å². The van der Waals surface area contributed by atoms with Crippen molar-refractivity contribution in [2.75, 3.05) is 13.2 Å². The van der Waals surface area contributed by atoms with Gasteiger partial charge in [0.2, 0.25) is 5.88 Å². The molecule has 0 saturated carbocycles. The van der Waals surface area contributed by atoms with Gasteiger partial charge in [-0.25, -0.2) is 19.7 Å². The van der Waals surface area contributed by atoms with E-state index in [0.29, 0.717) is 25.6 Å². The molecule has 1 atom stereocenters. The molecule has 2 aliphatic rings. The lowest BCUT2D eigenvalue weighted by atomic mass is 10.0. The van der Waals surface area contributed by atoms with E-state index >= 15 is 0 Å². The van der Waals surface area contributed by atoms with Crippen molar-refractivity contribution in [1.82, 2.24) is 24.5 Å². The minimum atomic E-state index is -0.289. The number of hydrogen-bond acceptors (Lipinski definition) is 8. The lowest BCUT2D eigenvalue weighted by Crippen LogP contribution is -2.26. The summed E-state index contributed by atoms with van der Waals surface area (Å²) in [6.07, 6.45) is 8.72. The van der Waals surface area contributed by atoms with Crippen LogP contribution < -0.4 is 15.2 Å². The molecule has 0 spiro atoms. The van der Waals surface area contributed by atoms with E-state index in [-0.39, 0.29) is 11.8 Å². The van der Waals surface area contributed by atoms with E-state index in [1.165, 1.54) is 6.33 Å². The third-order valence-corrected chi connectivity index (χ3v) is 6.66. The zero-order chi connectivity index (χ0) is 25.0. The van der Waals surface area contributed by atoms with Gasteiger partial charge in [0.25, 0.3) is 0 Å². The number of rotatable bonds is 7. The molecule has 37 heavy (non-hydrogen) atoms. The highest BCUT2D eigenvalue weighted by atomic mass is 16.5. The number of nitrogens with zero attached hydrogens (tertiary/aromatic N) is 5. The second kappa shape index (κ2) is 10.5. The first-order chi connectivity index (χ1) is 18.2. The Balaban J connectivity index is 1.21. The van der Waals surface area contributed by atoms with Crippen LogP contribution in [0.25, 0.3) is 22.5 Å². The Bertz CT molecular complexity index is 1450. The summed E-state index contributed by atoms with van der Waals surface area (Å²) in [7, 11) is 0. The highest BCUT2D eigenvalue weighted by Gasteiger charge is 2.20. The number of ether oxygens (including phenoxy) is 3. The quantitative estimate of drug-likeness (QED) is 0.380. The minimum absolute atomic E-state index is 0.0616. The molecule has 0 amide bonds. The van der Waals surface area contributed by atoms with Gasteiger partial charge in [0.15, 0.2) is 0 Å². The molecule has 0 aliphatic carbocycles. The van der Waals surface area contributed by atoms with Crippen LogP contribution in [-0.4, -0.2) is 43.8 Å². The molecule has 9 nitrogen and oxygen atoms in total. The van der Waals surface area contributed by atoms with Gasteiger partial charge < -0.3 is 14.2 Å². The van der Waals surface area contributed by atoms with Gasteiger partial charge in [-0.3, -0.25) is 4.57 Å². The van der Waals surface area contributed by atoms with E-state index in [9.17, 15) is 4.79 Å². The Hall–Kier alpha value is -4.11. The van der Waals surface area contributed by atoms with Crippen LogP contribution in [0.2, 0.25) is 0 Å². The SMILES string of the molecule is O=c1nc(OCC2CCCO2)cc2n1CCCc1cc(OCc3cccc(-c4cncnc4)n3)ccc1-2. The molecular weight excluding hydrogens is 470 g/mol. The maximum absolute atomic E-state index is 12.8. The van der Waals surface area contributed by atoms with Gasteiger partial charge in [0.05, 0.1) is 23.2 Å². The van der Waals surface area contributed by atoms with Crippen molar-refractivity contribution in [3.63, 3.8) is 0 Å². The Labute approximate surface area is 214 Å². The molecule has 4 aromatic rings.